The van der Waals surface area contributed by atoms with Crippen LogP contribution in [0, 0.1) is 11.8 Å². The molecule has 140 valence electrons. The van der Waals surface area contributed by atoms with E-state index in [2.05, 4.69) is 45.9 Å². The zero-order chi connectivity index (χ0) is 15.7. The third-order valence-corrected chi connectivity index (χ3v) is 4.67. The highest BCUT2D eigenvalue weighted by Crippen LogP contribution is 2.10. The number of hydrogen-bond donors (Lipinski definition) is 0. The number of ether oxygens (including phenoxy) is 1. The van der Waals surface area contributed by atoms with Crippen LogP contribution in [0.2, 0.25) is 0 Å². The second-order valence-corrected chi connectivity index (χ2v) is 6.54. The van der Waals surface area contributed by atoms with Gasteiger partial charge >= 0.3 is 0 Å². The molecule has 25 heavy (non-hydrogen) atoms. The van der Waals surface area contributed by atoms with E-state index >= 15 is 0 Å². The fraction of sp³-hybridized carbons (Fsp3) is 0.600. The number of hydrogen-bond acceptors (Lipinski definition) is 3. The Morgan fingerprint density at radius 2 is 1.68 bits per heavy atom. The Hall–Kier alpha value is -0.760. The first kappa shape index (κ1) is 22.3. The van der Waals surface area contributed by atoms with E-state index in [-0.39, 0.29) is 24.8 Å². The molecule has 3 nitrogen and oxygen atoms in total. The molecule has 0 saturated carbocycles. The van der Waals surface area contributed by atoms with Crippen molar-refractivity contribution >= 4 is 24.8 Å². The zero-order valence-electron chi connectivity index (χ0n) is 14.9. The molecule has 0 aliphatic carbocycles. The number of halogens is 2. The third kappa shape index (κ3) is 7.98. The Morgan fingerprint density at radius 1 is 0.920 bits per heavy atom. The fourth-order valence-corrected chi connectivity index (χ4v) is 3.33. The Morgan fingerprint density at radius 3 is 2.44 bits per heavy atom. The van der Waals surface area contributed by atoms with E-state index in [0.717, 1.165) is 51.4 Å². The standard InChI is InChI=1S/C20H28N2O.2ClH/c1-3-10-21(11-4-1)12-5-2-7-19-8-6-9-20(17-19)18-22-13-15-23-16-14-22;;/h6,8-9,17H,1,3-5,10-16,18H2;2*1H. The molecule has 0 unspecified atom stereocenters. The molecule has 1 aromatic carbocycles. The average molecular weight is 385 g/mol. The van der Waals surface area contributed by atoms with Crippen molar-refractivity contribution in [3.8, 4) is 11.8 Å². The van der Waals surface area contributed by atoms with Crippen molar-refractivity contribution in [2.45, 2.75) is 32.2 Å². The summed E-state index contributed by atoms with van der Waals surface area (Å²) in [5.74, 6) is 6.70. The number of benzene rings is 1. The first-order chi connectivity index (χ1) is 11.4. The lowest BCUT2D eigenvalue weighted by atomic mass is 10.1. The Balaban J connectivity index is 0.00000156. The van der Waals surface area contributed by atoms with E-state index in [1.165, 1.54) is 37.9 Å². The van der Waals surface area contributed by atoms with Crippen molar-refractivity contribution < 1.29 is 4.74 Å². The molecule has 2 fully saturated rings. The number of likely N-dealkylation sites (tertiary alicyclic amines) is 1. The van der Waals surface area contributed by atoms with Crippen LogP contribution in [0.5, 0.6) is 0 Å². The van der Waals surface area contributed by atoms with E-state index in [1.54, 1.807) is 0 Å². The molecule has 2 aliphatic rings. The summed E-state index contributed by atoms with van der Waals surface area (Å²) < 4.78 is 5.41. The summed E-state index contributed by atoms with van der Waals surface area (Å²) >= 11 is 0. The predicted molar refractivity (Wildman–Crippen MR) is 109 cm³/mol. The molecule has 5 heteroatoms. The lowest BCUT2D eigenvalue weighted by Crippen LogP contribution is -2.35. The molecular weight excluding hydrogens is 355 g/mol. The van der Waals surface area contributed by atoms with Crippen molar-refractivity contribution in [3.05, 3.63) is 35.4 Å². The van der Waals surface area contributed by atoms with Gasteiger partial charge < -0.3 is 9.64 Å². The second kappa shape index (κ2) is 12.6. The van der Waals surface area contributed by atoms with Crippen molar-refractivity contribution in [3.63, 3.8) is 0 Å². The molecule has 1 aromatic rings. The van der Waals surface area contributed by atoms with Crippen LogP contribution in [0.4, 0.5) is 0 Å². The van der Waals surface area contributed by atoms with Gasteiger partial charge in [0.2, 0.25) is 0 Å². The highest BCUT2D eigenvalue weighted by atomic mass is 35.5. The summed E-state index contributed by atoms with van der Waals surface area (Å²) in [7, 11) is 0. The topological polar surface area (TPSA) is 15.7 Å². The monoisotopic (exact) mass is 384 g/mol. The summed E-state index contributed by atoms with van der Waals surface area (Å²) in [5.41, 5.74) is 2.50. The number of nitrogens with zero attached hydrogens (tertiary/aromatic N) is 2. The van der Waals surface area contributed by atoms with Crippen molar-refractivity contribution in [2.24, 2.45) is 0 Å². The normalized spacial score (nSPS) is 18.4. The van der Waals surface area contributed by atoms with Gasteiger partial charge in [0.25, 0.3) is 0 Å². The first-order valence-corrected chi connectivity index (χ1v) is 9.00. The molecular formula is C20H30Cl2N2O. The summed E-state index contributed by atoms with van der Waals surface area (Å²) in [4.78, 5) is 5.00. The van der Waals surface area contributed by atoms with Gasteiger partial charge in [0.15, 0.2) is 0 Å². The van der Waals surface area contributed by atoms with Crippen LogP contribution < -0.4 is 0 Å². The minimum absolute atomic E-state index is 0. The Labute approximate surface area is 164 Å². The first-order valence-electron chi connectivity index (χ1n) is 9.00. The Bertz CT molecular complexity index is 544. The van der Waals surface area contributed by atoms with Gasteiger partial charge in [-0.2, -0.15) is 0 Å². The lowest BCUT2D eigenvalue weighted by Gasteiger charge is -2.26. The molecule has 0 amide bonds. The molecule has 2 heterocycles. The molecule has 0 radical (unpaired) electrons. The van der Waals surface area contributed by atoms with Gasteiger partial charge in [-0.3, -0.25) is 4.90 Å². The van der Waals surface area contributed by atoms with Crippen LogP contribution in [-0.2, 0) is 11.3 Å². The van der Waals surface area contributed by atoms with Crippen LogP contribution in [0.1, 0.15) is 36.8 Å². The smallest absolute Gasteiger partial charge is 0.0594 e. The molecule has 0 bridgehead atoms. The van der Waals surface area contributed by atoms with Crippen molar-refractivity contribution in [1.82, 2.24) is 9.80 Å². The molecule has 0 spiro atoms. The molecule has 0 atom stereocenters. The van der Waals surface area contributed by atoms with Crippen LogP contribution >= 0.6 is 24.8 Å². The summed E-state index contributed by atoms with van der Waals surface area (Å²) in [6.45, 7) is 8.43. The molecule has 0 N–H and O–H groups in total. The van der Waals surface area contributed by atoms with Gasteiger partial charge in [-0.1, -0.05) is 30.4 Å². The predicted octanol–water partition coefficient (Wildman–Crippen LogP) is 3.59. The molecule has 2 saturated heterocycles. The minimum atomic E-state index is 0. The van der Waals surface area contributed by atoms with Gasteiger partial charge in [-0.15, -0.1) is 24.8 Å². The maximum absolute atomic E-state index is 5.41. The maximum Gasteiger partial charge on any atom is 0.0594 e. The van der Waals surface area contributed by atoms with Crippen molar-refractivity contribution in [1.29, 1.82) is 0 Å². The van der Waals surface area contributed by atoms with Crippen LogP contribution in [0.3, 0.4) is 0 Å². The SMILES string of the molecule is C(#Cc1cccc(CN2CCOCC2)c1)CCN1CCCCC1.Cl.Cl. The molecule has 0 aromatic heterocycles. The second-order valence-electron chi connectivity index (χ2n) is 6.54. The van der Waals surface area contributed by atoms with Crippen molar-refractivity contribution in [2.75, 3.05) is 45.9 Å². The Kier molecular flexibility index (Phi) is 11.2. The van der Waals surface area contributed by atoms with Crippen LogP contribution in [0.15, 0.2) is 24.3 Å². The van der Waals surface area contributed by atoms with Gasteiger partial charge in [0, 0.05) is 38.2 Å². The highest BCUT2D eigenvalue weighted by Gasteiger charge is 2.10. The van der Waals surface area contributed by atoms with Crippen LogP contribution in [-0.4, -0.2) is 55.7 Å². The average Bonchev–Trinajstić information content (AvgIpc) is 2.61. The summed E-state index contributed by atoms with van der Waals surface area (Å²) in [5, 5.41) is 0. The summed E-state index contributed by atoms with van der Waals surface area (Å²) in [6, 6.07) is 8.69. The number of rotatable bonds is 4. The zero-order valence-corrected chi connectivity index (χ0v) is 16.5. The summed E-state index contributed by atoms with van der Waals surface area (Å²) in [6.07, 6.45) is 5.10. The largest absolute Gasteiger partial charge is 0.379 e. The quantitative estimate of drug-likeness (QED) is 0.737. The van der Waals surface area contributed by atoms with Gasteiger partial charge in [0.05, 0.1) is 13.2 Å². The van der Waals surface area contributed by atoms with E-state index in [1.807, 2.05) is 0 Å². The molecule has 2 aliphatic heterocycles. The van der Waals surface area contributed by atoms with Gasteiger partial charge in [-0.25, -0.2) is 0 Å². The number of morpholine rings is 1. The molecule has 3 rings (SSSR count). The highest BCUT2D eigenvalue weighted by molar-refractivity contribution is 5.85. The van der Waals surface area contributed by atoms with E-state index in [0.29, 0.717) is 0 Å². The fourth-order valence-electron chi connectivity index (χ4n) is 3.33. The third-order valence-electron chi connectivity index (χ3n) is 4.67. The van der Waals surface area contributed by atoms with E-state index in [4.69, 9.17) is 4.74 Å². The van der Waals surface area contributed by atoms with Gasteiger partial charge in [-0.05, 0) is 43.6 Å². The van der Waals surface area contributed by atoms with E-state index < -0.39 is 0 Å². The van der Waals surface area contributed by atoms with E-state index in [9.17, 15) is 0 Å². The number of piperidine rings is 1. The lowest BCUT2D eigenvalue weighted by molar-refractivity contribution is 0.0342. The minimum Gasteiger partial charge on any atom is -0.379 e. The van der Waals surface area contributed by atoms with Crippen LogP contribution in [0.25, 0.3) is 0 Å². The maximum atomic E-state index is 5.41. The van der Waals surface area contributed by atoms with Gasteiger partial charge in [0.1, 0.15) is 0 Å².